The lowest BCUT2D eigenvalue weighted by Crippen LogP contribution is -2.32. The van der Waals surface area contributed by atoms with E-state index in [0.29, 0.717) is 15.5 Å². The Morgan fingerprint density at radius 2 is 2.22 bits per heavy atom. The first kappa shape index (κ1) is 17.4. The summed E-state index contributed by atoms with van der Waals surface area (Å²) in [7, 11) is 1.20. The summed E-state index contributed by atoms with van der Waals surface area (Å²) in [5.74, 6) is -0.714. The Morgan fingerprint density at radius 1 is 1.43 bits per heavy atom. The van der Waals surface area contributed by atoms with E-state index in [-0.39, 0.29) is 12.3 Å². The van der Waals surface area contributed by atoms with Gasteiger partial charge in [-0.1, -0.05) is 11.8 Å². The molecule has 0 saturated carbocycles. The number of rotatable bonds is 6. The highest BCUT2D eigenvalue weighted by atomic mass is 32.2. The number of anilines is 1. The van der Waals surface area contributed by atoms with Gasteiger partial charge in [0.15, 0.2) is 4.34 Å². The fourth-order valence-corrected chi connectivity index (χ4v) is 3.48. The van der Waals surface area contributed by atoms with Crippen LogP contribution in [0.25, 0.3) is 10.2 Å². The molecule has 0 saturated heterocycles. The molecule has 0 aliphatic carbocycles. The molecule has 0 unspecified atom stereocenters. The number of aromatic nitrogens is 1. The molecule has 0 aliphatic rings. The molecule has 1 aromatic heterocycles. The van der Waals surface area contributed by atoms with Crippen LogP contribution in [-0.2, 0) is 9.53 Å². The minimum absolute atomic E-state index is 0.219. The highest BCUT2D eigenvalue weighted by Gasteiger charge is 2.10. The number of nitrogens with one attached hydrogen (secondary N) is 2. The van der Waals surface area contributed by atoms with Crippen molar-refractivity contribution in [1.29, 1.82) is 0 Å². The van der Waals surface area contributed by atoms with Crippen LogP contribution in [0.15, 0.2) is 22.5 Å². The average Bonchev–Trinajstić information content (AvgIpc) is 2.92. The van der Waals surface area contributed by atoms with Crippen molar-refractivity contribution in [1.82, 2.24) is 10.3 Å². The van der Waals surface area contributed by atoms with Gasteiger partial charge < -0.3 is 15.4 Å². The quantitative estimate of drug-likeness (QED) is 0.773. The predicted octanol–water partition coefficient (Wildman–Crippen LogP) is 2.95. The van der Waals surface area contributed by atoms with E-state index in [0.717, 1.165) is 16.5 Å². The minimum Gasteiger partial charge on any atom is -0.453 e. The number of halogens is 2. The molecule has 0 aliphatic heterocycles. The maximum absolute atomic E-state index is 12.2. The van der Waals surface area contributed by atoms with Crippen LogP contribution < -0.4 is 10.6 Å². The summed E-state index contributed by atoms with van der Waals surface area (Å²) >= 11 is 2.28. The van der Waals surface area contributed by atoms with Crippen molar-refractivity contribution in [3.63, 3.8) is 0 Å². The summed E-state index contributed by atoms with van der Waals surface area (Å²) in [6.07, 6.45) is -3.08. The van der Waals surface area contributed by atoms with Gasteiger partial charge in [-0.25, -0.2) is 18.6 Å². The smallest absolute Gasteiger partial charge is 0.407 e. The SMILES string of the molecule is COC(=O)NCC(=O)Nc1ccc2nc(SCC(F)F)sc2c1. The molecule has 124 valence electrons. The highest BCUT2D eigenvalue weighted by Crippen LogP contribution is 2.31. The lowest BCUT2D eigenvalue weighted by atomic mass is 10.3. The van der Waals surface area contributed by atoms with Gasteiger partial charge in [-0.05, 0) is 18.2 Å². The van der Waals surface area contributed by atoms with Crippen LogP contribution in [0.4, 0.5) is 19.3 Å². The van der Waals surface area contributed by atoms with Crippen LogP contribution in [-0.4, -0.2) is 42.8 Å². The summed E-state index contributed by atoms with van der Waals surface area (Å²) in [6.45, 7) is -0.219. The van der Waals surface area contributed by atoms with E-state index in [9.17, 15) is 18.4 Å². The first-order valence-electron chi connectivity index (χ1n) is 6.41. The molecule has 23 heavy (non-hydrogen) atoms. The fourth-order valence-electron chi connectivity index (χ4n) is 1.61. The van der Waals surface area contributed by atoms with Crippen molar-refractivity contribution < 1.29 is 23.1 Å². The van der Waals surface area contributed by atoms with E-state index in [2.05, 4.69) is 20.4 Å². The average molecular weight is 361 g/mol. The van der Waals surface area contributed by atoms with E-state index in [1.54, 1.807) is 18.2 Å². The van der Waals surface area contributed by atoms with Crippen molar-refractivity contribution in [3.05, 3.63) is 18.2 Å². The zero-order valence-corrected chi connectivity index (χ0v) is 13.6. The van der Waals surface area contributed by atoms with Crippen LogP contribution in [0.2, 0.25) is 0 Å². The van der Waals surface area contributed by atoms with Gasteiger partial charge in [0.05, 0.1) is 23.1 Å². The van der Waals surface area contributed by atoms with Gasteiger partial charge in [0.1, 0.15) is 6.54 Å². The Kier molecular flexibility index (Phi) is 6.11. The molecule has 2 N–H and O–H groups in total. The lowest BCUT2D eigenvalue weighted by Gasteiger charge is -2.05. The third-order valence-electron chi connectivity index (χ3n) is 2.56. The van der Waals surface area contributed by atoms with Crippen molar-refractivity contribution >= 4 is 51.0 Å². The molecule has 0 radical (unpaired) electrons. The van der Waals surface area contributed by atoms with Gasteiger partial charge in [0, 0.05) is 5.69 Å². The molecule has 2 rings (SSSR count). The third kappa shape index (κ3) is 5.32. The summed E-state index contributed by atoms with van der Waals surface area (Å²) in [5.41, 5.74) is 1.21. The number of alkyl carbamates (subject to hydrolysis) is 1. The van der Waals surface area contributed by atoms with Gasteiger partial charge >= 0.3 is 6.09 Å². The summed E-state index contributed by atoms with van der Waals surface area (Å²) in [6, 6.07) is 5.05. The molecular formula is C13H13F2N3O3S2. The number of thioether (sulfide) groups is 1. The monoisotopic (exact) mass is 361 g/mol. The molecule has 0 bridgehead atoms. The van der Waals surface area contributed by atoms with Gasteiger partial charge in [0.25, 0.3) is 0 Å². The number of amides is 2. The normalized spacial score (nSPS) is 10.8. The van der Waals surface area contributed by atoms with E-state index >= 15 is 0 Å². The molecule has 1 aromatic carbocycles. The Labute approximate surface area is 138 Å². The molecular weight excluding hydrogens is 348 g/mol. The van der Waals surface area contributed by atoms with Crippen LogP contribution in [0.1, 0.15) is 0 Å². The van der Waals surface area contributed by atoms with Gasteiger partial charge in [-0.3, -0.25) is 4.79 Å². The highest BCUT2D eigenvalue weighted by molar-refractivity contribution is 8.01. The van der Waals surface area contributed by atoms with E-state index in [1.807, 2.05) is 0 Å². The number of hydrogen-bond acceptors (Lipinski definition) is 6. The van der Waals surface area contributed by atoms with Crippen LogP contribution in [0.3, 0.4) is 0 Å². The van der Waals surface area contributed by atoms with Crippen LogP contribution in [0.5, 0.6) is 0 Å². The molecule has 2 aromatic rings. The summed E-state index contributed by atoms with van der Waals surface area (Å²) < 4.78 is 30.1. The van der Waals surface area contributed by atoms with E-state index in [1.165, 1.54) is 18.4 Å². The van der Waals surface area contributed by atoms with Gasteiger partial charge in [-0.15, -0.1) is 11.3 Å². The number of methoxy groups -OCH3 is 1. The number of nitrogens with zero attached hydrogens (tertiary/aromatic N) is 1. The Bertz CT molecular complexity index is 709. The van der Waals surface area contributed by atoms with Gasteiger partial charge in [0.2, 0.25) is 12.3 Å². The molecule has 1 heterocycles. The first-order valence-corrected chi connectivity index (χ1v) is 8.21. The molecule has 0 spiro atoms. The number of fused-ring (bicyclic) bond motifs is 1. The molecule has 0 atom stereocenters. The second kappa shape index (κ2) is 8.06. The maximum Gasteiger partial charge on any atom is 0.407 e. The number of alkyl halides is 2. The zero-order valence-electron chi connectivity index (χ0n) is 12.0. The molecule has 10 heteroatoms. The topological polar surface area (TPSA) is 80.3 Å². The van der Waals surface area contributed by atoms with E-state index < -0.39 is 18.4 Å². The Balaban J connectivity index is 1.99. The molecule has 0 fully saturated rings. The second-order valence-electron chi connectivity index (χ2n) is 4.26. The number of carbonyl (C=O) groups excluding carboxylic acids is 2. The van der Waals surface area contributed by atoms with Crippen molar-refractivity contribution in [2.45, 2.75) is 10.8 Å². The zero-order chi connectivity index (χ0) is 16.8. The van der Waals surface area contributed by atoms with Crippen molar-refractivity contribution in [2.24, 2.45) is 0 Å². The number of carbonyl (C=O) groups is 2. The van der Waals surface area contributed by atoms with Crippen LogP contribution >= 0.6 is 23.1 Å². The summed E-state index contributed by atoms with van der Waals surface area (Å²) in [5, 5.41) is 4.88. The van der Waals surface area contributed by atoms with Crippen molar-refractivity contribution in [3.8, 4) is 0 Å². The molecule has 2 amide bonds. The second-order valence-corrected chi connectivity index (χ2v) is 6.56. The maximum atomic E-state index is 12.2. The fraction of sp³-hybridized carbons (Fsp3) is 0.308. The standard InChI is InChI=1S/C13H13F2N3O3S2/c1-21-12(20)16-5-11(19)17-7-2-3-8-9(4-7)23-13(18-8)22-6-10(14)15/h2-4,10H,5-6H2,1H3,(H,16,20)(H,17,19). The Morgan fingerprint density at radius 3 is 2.91 bits per heavy atom. The van der Waals surface area contributed by atoms with Crippen LogP contribution in [0, 0.1) is 0 Å². The lowest BCUT2D eigenvalue weighted by molar-refractivity contribution is -0.115. The molecule has 6 nitrogen and oxygen atoms in total. The minimum atomic E-state index is -2.39. The summed E-state index contributed by atoms with van der Waals surface area (Å²) in [4.78, 5) is 26.8. The Hall–Kier alpha value is -1.94. The largest absolute Gasteiger partial charge is 0.453 e. The van der Waals surface area contributed by atoms with E-state index in [4.69, 9.17) is 0 Å². The number of thiazole rings is 1. The van der Waals surface area contributed by atoms with Crippen molar-refractivity contribution in [2.75, 3.05) is 24.7 Å². The number of hydrogen-bond donors (Lipinski definition) is 2. The first-order chi connectivity index (χ1) is 11.0. The van der Waals surface area contributed by atoms with Gasteiger partial charge in [-0.2, -0.15) is 0 Å². The predicted molar refractivity (Wildman–Crippen MR) is 85.4 cm³/mol. The number of benzene rings is 1. The third-order valence-corrected chi connectivity index (χ3v) is 4.74. The number of ether oxygens (including phenoxy) is 1.